The Morgan fingerprint density at radius 1 is 0.750 bits per heavy atom. The summed E-state index contributed by atoms with van der Waals surface area (Å²) < 4.78 is 0. The molecule has 0 saturated carbocycles. The number of hydrogen-bond donors (Lipinski definition) is 3. The first-order chi connectivity index (χ1) is 13.3. The highest BCUT2D eigenvalue weighted by atomic mass is 16.3. The number of para-hydroxylation sites is 3. The van der Waals surface area contributed by atoms with Crippen LogP contribution in [0.1, 0.15) is 48.9 Å². The van der Waals surface area contributed by atoms with Crippen molar-refractivity contribution >= 4 is 0 Å². The summed E-state index contributed by atoms with van der Waals surface area (Å²) in [5, 5.41) is 31.3. The first-order valence-corrected chi connectivity index (χ1v) is 9.65. The van der Waals surface area contributed by atoms with Crippen molar-refractivity contribution in [2.24, 2.45) is 0 Å². The van der Waals surface area contributed by atoms with Gasteiger partial charge in [0.2, 0.25) is 0 Å². The number of phenols is 3. The molecule has 1 unspecified atom stereocenters. The average Bonchev–Trinajstić information content (AvgIpc) is 2.65. The Hall–Kier alpha value is -2.94. The molecule has 3 N–H and O–H groups in total. The van der Waals surface area contributed by atoms with Gasteiger partial charge in [-0.3, -0.25) is 0 Å². The Bertz CT molecular complexity index is 960. The highest BCUT2D eigenvalue weighted by Gasteiger charge is 2.27. The molecular weight excluding hydrogens is 348 g/mol. The third-order valence-electron chi connectivity index (χ3n) is 5.47. The van der Waals surface area contributed by atoms with Crippen LogP contribution in [0.4, 0.5) is 0 Å². The van der Waals surface area contributed by atoms with E-state index in [1.54, 1.807) is 12.1 Å². The lowest BCUT2D eigenvalue weighted by molar-refractivity contribution is 0.417. The fourth-order valence-corrected chi connectivity index (χ4v) is 3.88. The monoisotopic (exact) mass is 376 g/mol. The Labute approximate surface area is 166 Å². The summed E-state index contributed by atoms with van der Waals surface area (Å²) in [6.07, 6.45) is 1.25. The number of phenolic OH excluding ortho intramolecular Hbond substituents is 3. The van der Waals surface area contributed by atoms with E-state index in [0.717, 1.165) is 22.3 Å². The van der Waals surface area contributed by atoms with E-state index in [4.69, 9.17) is 0 Å². The van der Waals surface area contributed by atoms with Gasteiger partial charge in [0.25, 0.3) is 0 Å². The predicted octanol–water partition coefficient (Wildman–Crippen LogP) is 5.67. The van der Waals surface area contributed by atoms with Crippen LogP contribution in [0.25, 0.3) is 0 Å². The maximum absolute atomic E-state index is 11.0. The molecule has 0 aliphatic rings. The van der Waals surface area contributed by atoms with E-state index in [1.165, 1.54) is 0 Å². The molecule has 0 fully saturated rings. The minimum Gasteiger partial charge on any atom is -0.508 e. The molecule has 0 aliphatic carbocycles. The van der Waals surface area contributed by atoms with Crippen LogP contribution < -0.4 is 0 Å². The SMILES string of the molecule is CC(Cc1cccc(C(C)(C)Cc2ccccc2O)c1O)c1ccccc1O. The zero-order chi connectivity index (χ0) is 20.3. The van der Waals surface area contributed by atoms with Crippen LogP contribution in [0.3, 0.4) is 0 Å². The van der Waals surface area contributed by atoms with Gasteiger partial charge in [0, 0.05) is 5.56 Å². The largest absolute Gasteiger partial charge is 0.508 e. The third kappa shape index (κ3) is 4.14. The first kappa shape index (κ1) is 19.8. The van der Waals surface area contributed by atoms with Crippen LogP contribution in [-0.2, 0) is 18.3 Å². The molecule has 3 heteroatoms. The van der Waals surface area contributed by atoms with Gasteiger partial charge in [-0.15, -0.1) is 0 Å². The van der Waals surface area contributed by atoms with Gasteiger partial charge in [0.1, 0.15) is 17.2 Å². The highest BCUT2D eigenvalue weighted by molar-refractivity contribution is 5.47. The summed E-state index contributed by atoms with van der Waals surface area (Å²) >= 11 is 0. The molecule has 3 aromatic carbocycles. The first-order valence-electron chi connectivity index (χ1n) is 9.65. The van der Waals surface area contributed by atoms with Gasteiger partial charge in [-0.2, -0.15) is 0 Å². The number of rotatable bonds is 6. The zero-order valence-electron chi connectivity index (χ0n) is 16.7. The fraction of sp³-hybridized carbons (Fsp3) is 0.280. The lowest BCUT2D eigenvalue weighted by atomic mass is 9.77. The molecule has 0 aromatic heterocycles. The summed E-state index contributed by atoms with van der Waals surface area (Å²) in [6, 6.07) is 20.5. The van der Waals surface area contributed by atoms with Crippen LogP contribution >= 0.6 is 0 Å². The van der Waals surface area contributed by atoms with Gasteiger partial charge in [-0.1, -0.05) is 75.4 Å². The quantitative estimate of drug-likeness (QED) is 0.519. The minimum atomic E-state index is -0.350. The van der Waals surface area contributed by atoms with Crippen LogP contribution in [-0.4, -0.2) is 15.3 Å². The standard InChI is InChI=1S/C25H28O3/c1-17(20-11-5-7-14-23(20)27)15-18-10-8-12-21(24(18)28)25(2,3)16-19-9-4-6-13-22(19)26/h4-14,17,26-28H,15-16H2,1-3H3. The number of hydrogen-bond acceptors (Lipinski definition) is 3. The summed E-state index contributed by atoms with van der Waals surface area (Å²) in [5.74, 6) is 0.929. The molecule has 0 bridgehead atoms. The molecule has 3 rings (SSSR count). The van der Waals surface area contributed by atoms with Crippen LogP contribution in [0, 0.1) is 0 Å². The molecule has 0 spiro atoms. The Morgan fingerprint density at radius 3 is 2.04 bits per heavy atom. The van der Waals surface area contributed by atoms with Crippen LogP contribution in [0.2, 0.25) is 0 Å². The molecular formula is C25H28O3. The highest BCUT2D eigenvalue weighted by Crippen LogP contribution is 2.39. The van der Waals surface area contributed by atoms with Crippen molar-refractivity contribution in [3.05, 3.63) is 89.0 Å². The molecule has 28 heavy (non-hydrogen) atoms. The second-order valence-electron chi connectivity index (χ2n) is 8.17. The van der Waals surface area contributed by atoms with E-state index in [0.29, 0.717) is 18.6 Å². The maximum Gasteiger partial charge on any atom is 0.122 e. The van der Waals surface area contributed by atoms with Gasteiger partial charge >= 0.3 is 0 Å². The van der Waals surface area contributed by atoms with E-state index in [9.17, 15) is 15.3 Å². The molecule has 0 aliphatic heterocycles. The third-order valence-corrected chi connectivity index (χ3v) is 5.47. The molecule has 146 valence electrons. The topological polar surface area (TPSA) is 60.7 Å². The second-order valence-corrected chi connectivity index (χ2v) is 8.17. The van der Waals surface area contributed by atoms with Crippen molar-refractivity contribution in [3.8, 4) is 17.2 Å². The summed E-state index contributed by atoms with van der Waals surface area (Å²) in [7, 11) is 0. The van der Waals surface area contributed by atoms with Crippen molar-refractivity contribution in [1.82, 2.24) is 0 Å². The molecule has 0 amide bonds. The van der Waals surface area contributed by atoms with E-state index in [2.05, 4.69) is 13.8 Å². The van der Waals surface area contributed by atoms with Gasteiger partial charge in [-0.05, 0) is 53.0 Å². The van der Waals surface area contributed by atoms with Crippen molar-refractivity contribution < 1.29 is 15.3 Å². The fourth-order valence-electron chi connectivity index (χ4n) is 3.88. The van der Waals surface area contributed by atoms with E-state index < -0.39 is 0 Å². The predicted molar refractivity (Wildman–Crippen MR) is 113 cm³/mol. The average molecular weight is 376 g/mol. The van der Waals surface area contributed by atoms with Crippen molar-refractivity contribution in [1.29, 1.82) is 0 Å². The van der Waals surface area contributed by atoms with Gasteiger partial charge in [-0.25, -0.2) is 0 Å². The van der Waals surface area contributed by atoms with Crippen LogP contribution in [0.15, 0.2) is 66.7 Å². The smallest absolute Gasteiger partial charge is 0.122 e. The summed E-state index contributed by atoms with van der Waals surface area (Å²) in [6.45, 7) is 6.20. The van der Waals surface area contributed by atoms with Gasteiger partial charge in [0.15, 0.2) is 0 Å². The lowest BCUT2D eigenvalue weighted by Gasteiger charge is -2.28. The second kappa shape index (κ2) is 7.97. The number of benzene rings is 3. The minimum absolute atomic E-state index is 0.0728. The van der Waals surface area contributed by atoms with E-state index in [1.807, 2.05) is 61.5 Å². The summed E-state index contributed by atoms with van der Waals surface area (Å²) in [5.41, 5.74) is 3.11. The van der Waals surface area contributed by atoms with E-state index >= 15 is 0 Å². The Morgan fingerprint density at radius 2 is 1.36 bits per heavy atom. The lowest BCUT2D eigenvalue weighted by Crippen LogP contribution is -2.21. The zero-order valence-corrected chi connectivity index (χ0v) is 16.7. The Kier molecular flexibility index (Phi) is 5.64. The molecule has 1 atom stereocenters. The van der Waals surface area contributed by atoms with Crippen molar-refractivity contribution in [2.75, 3.05) is 0 Å². The number of aromatic hydroxyl groups is 3. The molecule has 0 heterocycles. The molecule has 0 saturated heterocycles. The van der Waals surface area contributed by atoms with Gasteiger partial charge in [0.05, 0.1) is 0 Å². The van der Waals surface area contributed by atoms with Crippen molar-refractivity contribution in [3.63, 3.8) is 0 Å². The van der Waals surface area contributed by atoms with E-state index in [-0.39, 0.29) is 22.8 Å². The van der Waals surface area contributed by atoms with Gasteiger partial charge < -0.3 is 15.3 Å². The normalized spacial score (nSPS) is 12.7. The van der Waals surface area contributed by atoms with Crippen molar-refractivity contribution in [2.45, 2.75) is 44.9 Å². The summed E-state index contributed by atoms with van der Waals surface area (Å²) in [4.78, 5) is 0. The van der Waals surface area contributed by atoms with Crippen LogP contribution in [0.5, 0.6) is 17.2 Å². The maximum atomic E-state index is 11.0. The Balaban J connectivity index is 1.88. The molecule has 0 radical (unpaired) electrons. The molecule has 3 nitrogen and oxygen atoms in total. The molecule has 3 aromatic rings.